The average Bonchev–Trinajstić information content (AvgIpc) is 2.71. The maximum absolute atomic E-state index is 4.52. The molecule has 1 aromatic heterocycles. The normalized spacial score (nSPS) is 11.1. The lowest BCUT2D eigenvalue weighted by Gasteiger charge is -2.16. The van der Waals surface area contributed by atoms with E-state index in [4.69, 9.17) is 0 Å². The molecule has 0 unspecified atom stereocenters. The van der Waals surface area contributed by atoms with Crippen molar-refractivity contribution in [2.75, 3.05) is 7.05 Å². The largest absolute Gasteiger partial charge is 0.330 e. The van der Waals surface area contributed by atoms with Crippen LogP contribution in [0.15, 0.2) is 12.3 Å². The summed E-state index contributed by atoms with van der Waals surface area (Å²) in [6.07, 6.45) is 1.99. The molecular weight excluding hydrogens is 234 g/mol. The lowest BCUT2D eigenvalue weighted by atomic mass is 9.92. The van der Waals surface area contributed by atoms with Gasteiger partial charge in [-0.15, -0.1) is 0 Å². The summed E-state index contributed by atoms with van der Waals surface area (Å²) in [6.45, 7) is 9.54. The summed E-state index contributed by atoms with van der Waals surface area (Å²) < 4.78 is 2.19. The van der Waals surface area contributed by atoms with Crippen molar-refractivity contribution in [3.8, 4) is 11.3 Å². The Labute approximate surface area is 115 Å². The van der Waals surface area contributed by atoms with Crippen LogP contribution >= 0.6 is 0 Å². The van der Waals surface area contributed by atoms with Gasteiger partial charge in [0.1, 0.15) is 5.82 Å². The topological polar surface area (TPSA) is 29.9 Å². The Morgan fingerprint density at radius 2 is 1.68 bits per heavy atom. The summed E-state index contributed by atoms with van der Waals surface area (Å²) in [5.41, 5.74) is 7.91. The van der Waals surface area contributed by atoms with Crippen molar-refractivity contribution < 1.29 is 0 Å². The summed E-state index contributed by atoms with van der Waals surface area (Å²) in [5.74, 6) is 1.07. The number of hydrogen-bond acceptors (Lipinski definition) is 2. The zero-order chi connectivity index (χ0) is 14.2. The third-order valence-electron chi connectivity index (χ3n) is 4.04. The van der Waals surface area contributed by atoms with Crippen molar-refractivity contribution in [2.45, 2.75) is 34.2 Å². The first-order valence-electron chi connectivity index (χ1n) is 6.70. The van der Waals surface area contributed by atoms with Gasteiger partial charge < -0.3 is 9.88 Å². The predicted octanol–water partition coefficient (Wildman–Crippen LogP) is 3.04. The van der Waals surface area contributed by atoms with Crippen LogP contribution < -0.4 is 5.32 Å². The fraction of sp³-hybridized carbons (Fsp3) is 0.438. The molecule has 0 saturated heterocycles. The number of nitrogens with zero attached hydrogens (tertiary/aromatic N) is 2. The van der Waals surface area contributed by atoms with Crippen molar-refractivity contribution in [1.82, 2.24) is 14.9 Å². The fourth-order valence-electron chi connectivity index (χ4n) is 2.60. The molecule has 102 valence electrons. The molecule has 3 nitrogen and oxygen atoms in total. The molecule has 0 aliphatic rings. The van der Waals surface area contributed by atoms with Gasteiger partial charge in [0, 0.05) is 12.6 Å². The minimum absolute atomic E-state index is 0.791. The highest BCUT2D eigenvalue weighted by Gasteiger charge is 2.15. The highest BCUT2D eigenvalue weighted by atomic mass is 15.1. The van der Waals surface area contributed by atoms with Gasteiger partial charge in [-0.05, 0) is 57.0 Å². The van der Waals surface area contributed by atoms with Crippen molar-refractivity contribution in [3.63, 3.8) is 0 Å². The monoisotopic (exact) mass is 257 g/mol. The number of aryl methyl sites for hydroxylation is 2. The highest BCUT2D eigenvalue weighted by Crippen LogP contribution is 2.31. The molecule has 0 aliphatic heterocycles. The van der Waals surface area contributed by atoms with Crippen LogP contribution in [0.4, 0.5) is 0 Å². The van der Waals surface area contributed by atoms with Gasteiger partial charge in [0.05, 0.1) is 18.4 Å². The van der Waals surface area contributed by atoms with Gasteiger partial charge in [-0.25, -0.2) is 4.98 Å². The standard InChI is InChI=1S/C16H23N3/c1-10-7-11(2)13(4)16(12(10)3)14-8-18-15(9-17-5)19(14)6/h7-8,17H,9H2,1-6H3. The predicted molar refractivity (Wildman–Crippen MR) is 80.4 cm³/mol. The summed E-state index contributed by atoms with van der Waals surface area (Å²) >= 11 is 0. The van der Waals surface area contributed by atoms with Crippen LogP contribution in [0.3, 0.4) is 0 Å². The molecule has 0 bridgehead atoms. The molecule has 19 heavy (non-hydrogen) atoms. The van der Waals surface area contributed by atoms with Crippen LogP contribution in [0.25, 0.3) is 11.3 Å². The zero-order valence-electron chi connectivity index (χ0n) is 12.8. The molecule has 0 saturated carbocycles. The molecule has 0 spiro atoms. The Morgan fingerprint density at radius 1 is 1.11 bits per heavy atom. The Kier molecular flexibility index (Phi) is 3.76. The second kappa shape index (κ2) is 5.17. The van der Waals surface area contributed by atoms with Crippen LogP contribution in [-0.4, -0.2) is 16.6 Å². The van der Waals surface area contributed by atoms with Crippen LogP contribution in [-0.2, 0) is 13.6 Å². The van der Waals surface area contributed by atoms with Crippen LogP contribution in [0.1, 0.15) is 28.1 Å². The highest BCUT2D eigenvalue weighted by molar-refractivity contribution is 5.70. The van der Waals surface area contributed by atoms with Crippen LogP contribution in [0, 0.1) is 27.7 Å². The van der Waals surface area contributed by atoms with Crippen LogP contribution in [0.5, 0.6) is 0 Å². The van der Waals surface area contributed by atoms with Crippen molar-refractivity contribution in [1.29, 1.82) is 0 Å². The van der Waals surface area contributed by atoms with Gasteiger partial charge in [-0.2, -0.15) is 0 Å². The zero-order valence-corrected chi connectivity index (χ0v) is 12.8. The SMILES string of the molecule is CNCc1ncc(-c2c(C)c(C)cc(C)c2C)n1C. The van der Waals surface area contributed by atoms with Gasteiger partial charge in [0.2, 0.25) is 0 Å². The van der Waals surface area contributed by atoms with E-state index in [-0.39, 0.29) is 0 Å². The minimum Gasteiger partial charge on any atom is -0.330 e. The number of nitrogens with one attached hydrogen (secondary N) is 1. The molecule has 3 heteroatoms. The van der Waals surface area contributed by atoms with E-state index in [9.17, 15) is 0 Å². The Morgan fingerprint density at radius 3 is 2.21 bits per heavy atom. The van der Waals surface area contributed by atoms with E-state index in [2.05, 4.69) is 55.7 Å². The van der Waals surface area contributed by atoms with Crippen molar-refractivity contribution in [2.24, 2.45) is 7.05 Å². The average molecular weight is 257 g/mol. The first kappa shape index (κ1) is 13.8. The summed E-state index contributed by atoms with van der Waals surface area (Å²) in [7, 11) is 4.03. The van der Waals surface area contributed by atoms with E-state index < -0.39 is 0 Å². The molecule has 0 amide bonds. The molecule has 0 atom stereocenters. The Bertz CT molecular complexity index is 583. The quantitative estimate of drug-likeness (QED) is 0.916. The lowest BCUT2D eigenvalue weighted by Crippen LogP contribution is -2.11. The molecule has 1 aromatic carbocycles. The molecule has 2 aromatic rings. The van der Waals surface area contributed by atoms with E-state index >= 15 is 0 Å². The Hall–Kier alpha value is -1.61. The van der Waals surface area contributed by atoms with Crippen molar-refractivity contribution >= 4 is 0 Å². The van der Waals surface area contributed by atoms with Gasteiger partial charge in [-0.1, -0.05) is 6.07 Å². The molecule has 1 heterocycles. The maximum Gasteiger partial charge on any atom is 0.122 e. The summed E-state index contributed by atoms with van der Waals surface area (Å²) in [5, 5.41) is 3.16. The summed E-state index contributed by atoms with van der Waals surface area (Å²) in [4.78, 5) is 4.52. The number of hydrogen-bond donors (Lipinski definition) is 1. The van der Waals surface area contributed by atoms with Gasteiger partial charge in [0.25, 0.3) is 0 Å². The first-order chi connectivity index (χ1) is 8.97. The summed E-state index contributed by atoms with van der Waals surface area (Å²) in [6, 6.07) is 2.26. The molecule has 1 N–H and O–H groups in total. The number of benzene rings is 1. The number of rotatable bonds is 3. The molecule has 0 fully saturated rings. The number of aromatic nitrogens is 2. The maximum atomic E-state index is 4.52. The van der Waals surface area contributed by atoms with E-state index in [1.807, 2.05) is 13.2 Å². The molecule has 0 aliphatic carbocycles. The van der Waals surface area contributed by atoms with E-state index in [1.54, 1.807) is 0 Å². The third kappa shape index (κ3) is 2.30. The van der Waals surface area contributed by atoms with Gasteiger partial charge in [0.15, 0.2) is 0 Å². The second-order valence-electron chi connectivity index (χ2n) is 5.28. The fourth-order valence-corrected chi connectivity index (χ4v) is 2.60. The van der Waals surface area contributed by atoms with Gasteiger partial charge in [-0.3, -0.25) is 0 Å². The minimum atomic E-state index is 0.791. The molecule has 0 radical (unpaired) electrons. The van der Waals surface area contributed by atoms with E-state index in [1.165, 1.54) is 33.5 Å². The smallest absolute Gasteiger partial charge is 0.122 e. The first-order valence-corrected chi connectivity index (χ1v) is 6.70. The third-order valence-corrected chi connectivity index (χ3v) is 4.04. The van der Waals surface area contributed by atoms with Crippen LogP contribution in [0.2, 0.25) is 0 Å². The second-order valence-corrected chi connectivity index (χ2v) is 5.28. The lowest BCUT2D eigenvalue weighted by molar-refractivity contribution is 0.712. The van der Waals surface area contributed by atoms with E-state index in [0.717, 1.165) is 12.4 Å². The molecule has 2 rings (SSSR count). The molecular formula is C16H23N3. The Balaban J connectivity index is 2.65. The van der Waals surface area contributed by atoms with E-state index in [0.29, 0.717) is 0 Å². The van der Waals surface area contributed by atoms with Crippen molar-refractivity contribution in [3.05, 3.63) is 40.3 Å². The number of imidazole rings is 1. The van der Waals surface area contributed by atoms with Gasteiger partial charge >= 0.3 is 0 Å².